The Balaban J connectivity index is 2.36. The number of rotatable bonds is 3. The summed E-state index contributed by atoms with van der Waals surface area (Å²) in [5.41, 5.74) is 0.208. The lowest BCUT2D eigenvalue weighted by Gasteiger charge is -2.32. The predicted molar refractivity (Wildman–Crippen MR) is 78.5 cm³/mol. The van der Waals surface area contributed by atoms with Gasteiger partial charge in [-0.05, 0) is 39.3 Å². The molecule has 1 aliphatic rings. The first-order valence-corrected chi connectivity index (χ1v) is 8.55. The molecule has 2 heterocycles. The average Bonchev–Trinajstić information content (AvgIpc) is 2.46. The third kappa shape index (κ3) is 3.05. The van der Waals surface area contributed by atoms with E-state index in [0.717, 1.165) is 0 Å². The monoisotopic (exact) mass is 297 g/mol. The highest BCUT2D eigenvalue weighted by Crippen LogP contribution is 2.36. The van der Waals surface area contributed by atoms with Gasteiger partial charge in [-0.3, -0.25) is 4.98 Å². The molecule has 0 aromatic carbocycles. The van der Waals surface area contributed by atoms with Gasteiger partial charge in [-0.15, -0.1) is 0 Å². The van der Waals surface area contributed by atoms with Crippen molar-refractivity contribution in [3.05, 3.63) is 23.9 Å². The van der Waals surface area contributed by atoms with Crippen LogP contribution in [0.2, 0.25) is 0 Å². The first-order valence-electron chi connectivity index (χ1n) is 6.49. The van der Waals surface area contributed by atoms with Crippen LogP contribution in [0.15, 0.2) is 18.3 Å². The van der Waals surface area contributed by atoms with E-state index >= 15 is 0 Å². The molecular weight excluding hydrogens is 277 g/mol. The van der Waals surface area contributed by atoms with Gasteiger partial charge >= 0.3 is 7.12 Å². The summed E-state index contributed by atoms with van der Waals surface area (Å²) in [6.07, 6.45) is 2.82. The van der Waals surface area contributed by atoms with Crippen LogP contribution in [-0.2, 0) is 24.9 Å². The lowest BCUT2D eigenvalue weighted by molar-refractivity contribution is 0.00578. The van der Waals surface area contributed by atoms with E-state index in [1.165, 1.54) is 6.26 Å². The molecule has 0 atom stereocenters. The van der Waals surface area contributed by atoms with Gasteiger partial charge in [0, 0.05) is 12.5 Å². The molecule has 0 aliphatic carbocycles. The Morgan fingerprint density at radius 1 is 1.20 bits per heavy atom. The molecule has 1 aliphatic heterocycles. The second kappa shape index (κ2) is 4.82. The number of hydrogen-bond donors (Lipinski definition) is 0. The molecule has 1 aromatic heterocycles. The van der Waals surface area contributed by atoms with Gasteiger partial charge in [0.15, 0.2) is 9.84 Å². The fraction of sp³-hybridized carbons (Fsp3) is 0.615. The van der Waals surface area contributed by atoms with Gasteiger partial charge in [0.1, 0.15) is 0 Å². The van der Waals surface area contributed by atoms with Crippen molar-refractivity contribution >= 4 is 22.5 Å². The van der Waals surface area contributed by atoms with Crippen molar-refractivity contribution in [3.8, 4) is 0 Å². The van der Waals surface area contributed by atoms with Crippen LogP contribution >= 0.6 is 0 Å². The van der Waals surface area contributed by atoms with Crippen LogP contribution in [0.25, 0.3) is 0 Å². The molecule has 0 amide bonds. The van der Waals surface area contributed by atoms with Gasteiger partial charge in [-0.25, -0.2) is 8.42 Å². The largest absolute Gasteiger partial charge is 0.514 e. The first-order chi connectivity index (χ1) is 9.02. The molecule has 0 spiro atoms. The SMILES string of the molecule is CC1(C)OB(c2ncccc2CS(C)(=O)=O)OC1(C)C. The summed E-state index contributed by atoms with van der Waals surface area (Å²) in [6, 6.07) is 3.46. The van der Waals surface area contributed by atoms with Crippen molar-refractivity contribution in [2.24, 2.45) is 0 Å². The standard InChI is InChI=1S/C13H20BNO4S/c1-12(2)13(3,4)19-14(18-12)11-10(7-6-8-15-11)9-20(5,16)17/h6-8H,9H2,1-5H3. The lowest BCUT2D eigenvalue weighted by Crippen LogP contribution is -2.41. The third-order valence-electron chi connectivity index (χ3n) is 3.82. The molecule has 7 heteroatoms. The summed E-state index contributed by atoms with van der Waals surface area (Å²) in [7, 11) is -3.78. The summed E-state index contributed by atoms with van der Waals surface area (Å²) >= 11 is 0. The van der Waals surface area contributed by atoms with Crippen molar-refractivity contribution in [1.82, 2.24) is 4.98 Å². The van der Waals surface area contributed by atoms with E-state index in [0.29, 0.717) is 11.2 Å². The molecular formula is C13H20BNO4S. The molecule has 0 bridgehead atoms. The zero-order valence-electron chi connectivity index (χ0n) is 12.5. The maximum atomic E-state index is 11.5. The number of hydrogen-bond acceptors (Lipinski definition) is 5. The Hall–Kier alpha value is -0.915. The van der Waals surface area contributed by atoms with Crippen molar-refractivity contribution in [3.63, 3.8) is 0 Å². The van der Waals surface area contributed by atoms with E-state index in [2.05, 4.69) is 4.98 Å². The highest BCUT2D eigenvalue weighted by Gasteiger charge is 2.52. The average molecular weight is 297 g/mol. The molecule has 0 unspecified atom stereocenters. The molecule has 1 saturated heterocycles. The van der Waals surface area contributed by atoms with Crippen LogP contribution in [0, 0.1) is 0 Å². The number of nitrogens with zero attached hydrogens (tertiary/aromatic N) is 1. The van der Waals surface area contributed by atoms with Crippen LogP contribution in [-0.4, -0.2) is 38.0 Å². The van der Waals surface area contributed by atoms with Crippen LogP contribution in [0.3, 0.4) is 0 Å². The zero-order chi connectivity index (χ0) is 15.2. The Labute approximate surface area is 120 Å². The molecule has 2 rings (SSSR count). The fourth-order valence-electron chi connectivity index (χ4n) is 2.02. The normalized spacial score (nSPS) is 21.1. The Bertz CT molecular complexity index is 597. The highest BCUT2D eigenvalue weighted by atomic mass is 32.2. The second-order valence-corrected chi connectivity index (χ2v) is 8.35. The number of pyridine rings is 1. The maximum absolute atomic E-state index is 11.5. The minimum atomic E-state index is -3.14. The quantitative estimate of drug-likeness (QED) is 0.776. The Kier molecular flexibility index (Phi) is 3.73. The molecule has 1 aromatic rings. The van der Waals surface area contributed by atoms with E-state index < -0.39 is 28.2 Å². The van der Waals surface area contributed by atoms with Crippen LogP contribution in [0.1, 0.15) is 33.3 Å². The van der Waals surface area contributed by atoms with Crippen molar-refractivity contribution in [2.45, 2.75) is 44.6 Å². The fourth-order valence-corrected chi connectivity index (χ4v) is 2.83. The van der Waals surface area contributed by atoms with Crippen LogP contribution in [0.5, 0.6) is 0 Å². The maximum Gasteiger partial charge on any atom is 0.514 e. The summed E-state index contributed by atoms with van der Waals surface area (Å²) in [6.45, 7) is 7.80. The van der Waals surface area contributed by atoms with Gasteiger partial charge in [-0.2, -0.15) is 0 Å². The van der Waals surface area contributed by atoms with Gasteiger partial charge in [-0.1, -0.05) is 6.07 Å². The van der Waals surface area contributed by atoms with E-state index in [4.69, 9.17) is 9.31 Å². The summed E-state index contributed by atoms with van der Waals surface area (Å²) in [5, 5.41) is 0. The molecule has 20 heavy (non-hydrogen) atoms. The van der Waals surface area contributed by atoms with Gasteiger partial charge in [0.05, 0.1) is 22.5 Å². The molecule has 1 fully saturated rings. The van der Waals surface area contributed by atoms with Crippen LogP contribution in [0.4, 0.5) is 0 Å². The molecule has 0 saturated carbocycles. The van der Waals surface area contributed by atoms with E-state index in [1.54, 1.807) is 18.3 Å². The topological polar surface area (TPSA) is 65.5 Å². The van der Waals surface area contributed by atoms with Gasteiger partial charge < -0.3 is 9.31 Å². The van der Waals surface area contributed by atoms with E-state index in [-0.39, 0.29) is 5.75 Å². The number of sulfone groups is 1. The summed E-state index contributed by atoms with van der Waals surface area (Å²) in [4.78, 5) is 4.26. The second-order valence-electron chi connectivity index (χ2n) is 6.21. The van der Waals surface area contributed by atoms with E-state index in [1.807, 2.05) is 27.7 Å². The Morgan fingerprint density at radius 3 is 2.25 bits per heavy atom. The third-order valence-corrected chi connectivity index (χ3v) is 4.66. The minimum Gasteiger partial charge on any atom is -0.398 e. The summed E-state index contributed by atoms with van der Waals surface area (Å²) < 4.78 is 34.9. The molecule has 110 valence electrons. The van der Waals surface area contributed by atoms with Gasteiger partial charge in [0.25, 0.3) is 0 Å². The predicted octanol–water partition coefficient (Wildman–Crippen LogP) is 0.925. The minimum absolute atomic E-state index is 0.0692. The first kappa shape index (κ1) is 15.5. The summed E-state index contributed by atoms with van der Waals surface area (Å²) in [5.74, 6) is -0.0692. The molecule has 0 radical (unpaired) electrons. The smallest absolute Gasteiger partial charge is 0.398 e. The van der Waals surface area contributed by atoms with Crippen molar-refractivity contribution in [1.29, 1.82) is 0 Å². The van der Waals surface area contributed by atoms with Crippen molar-refractivity contribution < 1.29 is 17.7 Å². The van der Waals surface area contributed by atoms with Gasteiger partial charge in [0.2, 0.25) is 0 Å². The van der Waals surface area contributed by atoms with Crippen molar-refractivity contribution in [2.75, 3.05) is 6.26 Å². The lowest BCUT2D eigenvalue weighted by atomic mass is 9.81. The molecule has 0 N–H and O–H groups in total. The van der Waals surface area contributed by atoms with Crippen LogP contribution < -0.4 is 5.59 Å². The number of aromatic nitrogens is 1. The van der Waals surface area contributed by atoms with E-state index in [9.17, 15) is 8.42 Å². The molecule has 5 nitrogen and oxygen atoms in total. The zero-order valence-corrected chi connectivity index (χ0v) is 13.3. The Morgan fingerprint density at radius 2 is 1.75 bits per heavy atom. The highest BCUT2D eigenvalue weighted by molar-refractivity contribution is 7.89.